The number of anilines is 2. The topological polar surface area (TPSA) is 151 Å². The second kappa shape index (κ2) is 15.9. The van der Waals surface area contributed by atoms with Gasteiger partial charge in [0.2, 0.25) is 11.8 Å². The molecule has 3 aliphatic heterocycles. The van der Waals surface area contributed by atoms with Crippen molar-refractivity contribution in [1.82, 2.24) is 29.9 Å². The summed E-state index contributed by atoms with van der Waals surface area (Å²) in [5, 5.41) is 15.2. The van der Waals surface area contributed by atoms with Crippen molar-refractivity contribution in [3.8, 4) is 5.75 Å². The summed E-state index contributed by atoms with van der Waals surface area (Å²) in [5.41, 5.74) is 3.08. The summed E-state index contributed by atoms with van der Waals surface area (Å²) in [4.78, 5) is 59.1. The first-order valence-corrected chi connectivity index (χ1v) is 21.6. The quantitative estimate of drug-likeness (QED) is 0.128. The zero-order valence-electron chi connectivity index (χ0n) is 34.8. The lowest BCUT2D eigenvalue weighted by Gasteiger charge is -2.53. The maximum absolute atomic E-state index is 14.5. The molecule has 4 amide bonds. The molecule has 0 radical (unpaired) electrons. The smallest absolute Gasteiger partial charge is 0.264 e. The van der Waals surface area contributed by atoms with E-state index in [1.165, 1.54) is 39.5 Å². The largest absolute Gasteiger partial charge is 0.495 e. The highest BCUT2D eigenvalue weighted by atomic mass is 19.1. The van der Waals surface area contributed by atoms with E-state index in [0.29, 0.717) is 58.1 Å². The van der Waals surface area contributed by atoms with Crippen LogP contribution in [-0.4, -0.2) is 87.5 Å². The molecule has 2 saturated carbocycles. The van der Waals surface area contributed by atoms with Gasteiger partial charge >= 0.3 is 0 Å². The molecule has 3 N–H and O–H groups in total. The minimum Gasteiger partial charge on any atom is -0.495 e. The van der Waals surface area contributed by atoms with Crippen molar-refractivity contribution in [1.29, 1.82) is 0 Å². The Morgan fingerprint density at radius 3 is 2.42 bits per heavy atom. The van der Waals surface area contributed by atoms with Crippen LogP contribution in [0, 0.1) is 17.3 Å². The minimum absolute atomic E-state index is 0.0979. The number of ether oxygens (including phenoxy) is 1. The average molecular weight is 819 g/mol. The molecule has 1 atom stereocenters. The van der Waals surface area contributed by atoms with Gasteiger partial charge < -0.3 is 20.3 Å². The number of alkyl halides is 1. The molecule has 60 heavy (non-hydrogen) atoms. The van der Waals surface area contributed by atoms with E-state index in [-0.39, 0.29) is 18.7 Å². The van der Waals surface area contributed by atoms with E-state index >= 15 is 0 Å². The number of amides is 4. The fraction of sp³-hybridized carbons (Fsp3) is 0.522. The number of hydrogen-bond donors (Lipinski definition) is 3. The van der Waals surface area contributed by atoms with E-state index in [9.17, 15) is 23.6 Å². The second-order valence-corrected chi connectivity index (χ2v) is 18.4. The monoisotopic (exact) mass is 818 g/mol. The standard InChI is InChI=1S/C46H55FN8O5/c1-45(2,47)39-9-4-6-31(50-39)25-49-36-20-30-27-54(52-35(30)21-38(36)60-3)32-12-10-28(11-13-32)26-53-18-16-46(17-19-53)22-29(23-46)24-48-34-8-5-7-33-41(34)44(59)55(43(33)58)37-14-15-40(56)51-42(37)57/h4-9,20-21,27-29,32,37,48-49H,10-19,22-26H2,1-3H3,(H,51,56,57)/t28-,32-,37?. The molecular weight excluding hydrogens is 764 g/mol. The molecule has 2 saturated heterocycles. The third-order valence-electron chi connectivity index (χ3n) is 13.8. The number of imide groups is 2. The Kier molecular flexibility index (Phi) is 10.6. The number of nitrogens with one attached hydrogen (secondary N) is 3. The van der Waals surface area contributed by atoms with Crippen LogP contribution in [0.3, 0.4) is 0 Å². The Labute approximate surface area is 349 Å². The van der Waals surface area contributed by atoms with Crippen LogP contribution >= 0.6 is 0 Å². The Hall–Kier alpha value is -5.37. The van der Waals surface area contributed by atoms with Crippen LogP contribution in [0.15, 0.2) is 54.7 Å². The highest BCUT2D eigenvalue weighted by Crippen LogP contribution is 2.53. The fourth-order valence-corrected chi connectivity index (χ4v) is 10.5. The van der Waals surface area contributed by atoms with Gasteiger partial charge in [-0.2, -0.15) is 5.10 Å². The van der Waals surface area contributed by atoms with Gasteiger partial charge in [0, 0.05) is 42.8 Å². The number of nitrogens with zero attached hydrogens (tertiary/aromatic N) is 5. The summed E-state index contributed by atoms with van der Waals surface area (Å²) in [7, 11) is 1.66. The van der Waals surface area contributed by atoms with Gasteiger partial charge in [0.05, 0.1) is 53.4 Å². The number of rotatable bonds is 12. The summed E-state index contributed by atoms with van der Waals surface area (Å²) < 4.78 is 22.4. The first-order valence-electron chi connectivity index (χ1n) is 21.6. The predicted octanol–water partition coefficient (Wildman–Crippen LogP) is 6.99. The molecule has 4 aromatic rings. The number of likely N-dealkylation sites (tertiary alicyclic amines) is 1. The summed E-state index contributed by atoms with van der Waals surface area (Å²) in [6.45, 7) is 7.64. The van der Waals surface area contributed by atoms with Crippen LogP contribution < -0.4 is 20.7 Å². The highest BCUT2D eigenvalue weighted by Gasteiger charge is 2.47. The average Bonchev–Trinajstić information content (AvgIpc) is 3.76. The van der Waals surface area contributed by atoms with Crippen molar-refractivity contribution in [2.45, 2.75) is 102 Å². The normalized spacial score (nSPS) is 23.5. The van der Waals surface area contributed by atoms with Crippen molar-refractivity contribution in [3.63, 3.8) is 0 Å². The molecule has 2 aromatic carbocycles. The van der Waals surface area contributed by atoms with Gasteiger partial charge in [0.25, 0.3) is 11.8 Å². The molecule has 1 spiro atoms. The van der Waals surface area contributed by atoms with Gasteiger partial charge in [-0.05, 0) is 132 Å². The van der Waals surface area contributed by atoms with Crippen LogP contribution in [0.1, 0.15) is 116 Å². The van der Waals surface area contributed by atoms with Gasteiger partial charge in [0.1, 0.15) is 17.5 Å². The van der Waals surface area contributed by atoms with Crippen molar-refractivity contribution in [2.75, 3.05) is 43.9 Å². The predicted molar refractivity (Wildman–Crippen MR) is 225 cm³/mol. The lowest BCUT2D eigenvalue weighted by molar-refractivity contribution is -0.136. The van der Waals surface area contributed by atoms with Crippen molar-refractivity contribution >= 4 is 45.9 Å². The maximum Gasteiger partial charge on any atom is 0.264 e. The molecule has 2 aliphatic carbocycles. The van der Waals surface area contributed by atoms with Gasteiger partial charge in [0.15, 0.2) is 0 Å². The van der Waals surface area contributed by atoms with Crippen molar-refractivity contribution in [3.05, 3.63) is 77.2 Å². The lowest BCUT2D eigenvalue weighted by atomic mass is 9.57. The van der Waals surface area contributed by atoms with Crippen LogP contribution in [-0.2, 0) is 21.8 Å². The molecule has 9 rings (SSSR count). The molecular formula is C46H55FN8O5. The maximum atomic E-state index is 14.5. The van der Waals surface area contributed by atoms with E-state index in [0.717, 1.165) is 79.0 Å². The Bertz CT molecular complexity index is 2310. The molecule has 5 aliphatic rings. The van der Waals surface area contributed by atoms with Crippen molar-refractivity contribution in [2.24, 2.45) is 17.3 Å². The minimum atomic E-state index is -1.50. The van der Waals surface area contributed by atoms with Crippen molar-refractivity contribution < 1.29 is 28.3 Å². The SMILES string of the molecule is COc1cc2nn([C@H]3CC[C@H](CN4CCC5(CC4)CC(CNc4cccc6c4C(=O)N(C4CCC(=O)NC4=O)C6=O)C5)CC3)cc2cc1NCc1cccc(C(C)(C)F)n1. The number of aromatic nitrogens is 3. The zero-order valence-corrected chi connectivity index (χ0v) is 34.8. The fourth-order valence-electron chi connectivity index (χ4n) is 10.5. The number of piperidine rings is 2. The summed E-state index contributed by atoms with van der Waals surface area (Å²) in [6, 6.07) is 14.2. The van der Waals surface area contributed by atoms with Gasteiger partial charge in [-0.15, -0.1) is 0 Å². The number of carbonyl (C=O) groups excluding carboxylic acids is 4. The summed E-state index contributed by atoms with van der Waals surface area (Å²) in [6.07, 6.45) is 11.8. The Balaban J connectivity index is 0.725. The van der Waals surface area contributed by atoms with Gasteiger partial charge in [-0.25, -0.2) is 4.39 Å². The zero-order chi connectivity index (χ0) is 41.8. The first kappa shape index (κ1) is 40.1. The van der Waals surface area contributed by atoms with Crippen LogP contribution in [0.25, 0.3) is 10.9 Å². The number of benzene rings is 2. The van der Waals surface area contributed by atoms with Crippen LogP contribution in [0.5, 0.6) is 5.75 Å². The number of methoxy groups -OCH3 is 1. The number of pyridine rings is 1. The van der Waals surface area contributed by atoms with Gasteiger partial charge in [-0.1, -0.05) is 12.1 Å². The van der Waals surface area contributed by atoms with E-state index in [4.69, 9.17) is 9.84 Å². The van der Waals surface area contributed by atoms with E-state index in [1.807, 2.05) is 24.3 Å². The Morgan fingerprint density at radius 2 is 1.68 bits per heavy atom. The Morgan fingerprint density at radius 1 is 0.917 bits per heavy atom. The van der Waals surface area contributed by atoms with E-state index in [1.54, 1.807) is 25.3 Å². The molecule has 2 aromatic heterocycles. The first-order chi connectivity index (χ1) is 28.9. The molecule has 13 nitrogen and oxygen atoms in total. The molecule has 316 valence electrons. The number of carbonyl (C=O) groups is 4. The van der Waals surface area contributed by atoms with Gasteiger partial charge in [-0.3, -0.25) is 39.1 Å². The molecule has 0 bridgehead atoms. The third kappa shape index (κ3) is 7.86. The lowest BCUT2D eigenvalue weighted by Crippen LogP contribution is -2.54. The number of fused-ring (bicyclic) bond motifs is 2. The van der Waals surface area contributed by atoms with Crippen LogP contribution in [0.4, 0.5) is 15.8 Å². The molecule has 4 fully saturated rings. The second-order valence-electron chi connectivity index (χ2n) is 18.4. The number of hydrogen-bond acceptors (Lipinski definition) is 10. The molecule has 1 unspecified atom stereocenters. The third-order valence-corrected chi connectivity index (χ3v) is 13.8. The highest BCUT2D eigenvalue weighted by molar-refractivity contribution is 6.25. The molecule has 14 heteroatoms. The number of halogens is 1. The van der Waals surface area contributed by atoms with Crippen LogP contribution in [0.2, 0.25) is 0 Å². The summed E-state index contributed by atoms with van der Waals surface area (Å²) >= 11 is 0. The van der Waals surface area contributed by atoms with E-state index < -0.39 is 29.4 Å². The summed E-state index contributed by atoms with van der Waals surface area (Å²) in [5.74, 6) is -0.0349. The van der Waals surface area contributed by atoms with E-state index in [2.05, 4.69) is 42.8 Å². The molecule has 5 heterocycles.